The molecule has 1 atom stereocenters. The number of halogens is 2. The number of phenolic OH excluding ortho intramolecular Hbond substituents is 1. The third-order valence-electron chi connectivity index (χ3n) is 2.28. The maximum Gasteiger partial charge on any atom is 0.168 e. The van der Waals surface area contributed by atoms with Crippen LogP contribution in [0.3, 0.4) is 0 Å². The summed E-state index contributed by atoms with van der Waals surface area (Å²) in [5.74, 6) is -2.17. The van der Waals surface area contributed by atoms with Crippen LogP contribution in [-0.4, -0.2) is 25.4 Å². The van der Waals surface area contributed by atoms with Crippen molar-refractivity contribution in [3.63, 3.8) is 0 Å². The molecule has 16 heavy (non-hydrogen) atoms. The van der Waals surface area contributed by atoms with Crippen LogP contribution in [-0.2, 0) is 4.74 Å². The van der Waals surface area contributed by atoms with E-state index in [1.807, 2.05) is 0 Å². The number of aromatic hydroxyl groups is 1. The van der Waals surface area contributed by atoms with Crippen molar-refractivity contribution in [2.75, 3.05) is 20.3 Å². The van der Waals surface area contributed by atoms with E-state index >= 15 is 0 Å². The van der Waals surface area contributed by atoms with Gasteiger partial charge in [0.2, 0.25) is 0 Å². The zero-order chi connectivity index (χ0) is 12.1. The molecule has 0 saturated heterocycles. The highest BCUT2D eigenvalue weighted by molar-refractivity contribution is 5.36. The van der Waals surface area contributed by atoms with Crippen LogP contribution in [0, 0.1) is 11.6 Å². The molecule has 0 aliphatic carbocycles. The largest absolute Gasteiger partial charge is 0.505 e. The van der Waals surface area contributed by atoms with Gasteiger partial charge in [0.15, 0.2) is 11.6 Å². The maximum absolute atomic E-state index is 13.0. The Morgan fingerprint density at radius 2 is 2.12 bits per heavy atom. The van der Waals surface area contributed by atoms with Gasteiger partial charge in [0.25, 0.3) is 0 Å². The Labute approximate surface area is 93.0 Å². The second-order valence-corrected chi connectivity index (χ2v) is 3.49. The number of phenols is 1. The predicted octanol–water partition coefficient (Wildman–Crippen LogP) is 1.97. The molecule has 1 unspecified atom stereocenters. The quantitative estimate of drug-likeness (QED) is 0.761. The van der Waals surface area contributed by atoms with Crippen molar-refractivity contribution in [3.05, 3.63) is 29.3 Å². The van der Waals surface area contributed by atoms with E-state index in [1.165, 1.54) is 0 Å². The normalized spacial score (nSPS) is 12.8. The van der Waals surface area contributed by atoms with Crippen LogP contribution in [0.4, 0.5) is 8.78 Å². The lowest BCUT2D eigenvalue weighted by Gasteiger charge is -2.15. The van der Waals surface area contributed by atoms with Gasteiger partial charge >= 0.3 is 0 Å². The van der Waals surface area contributed by atoms with Crippen molar-refractivity contribution in [1.82, 2.24) is 5.32 Å². The molecule has 0 bridgehead atoms. The van der Waals surface area contributed by atoms with Crippen LogP contribution >= 0.6 is 0 Å². The van der Waals surface area contributed by atoms with Gasteiger partial charge < -0.3 is 15.2 Å². The van der Waals surface area contributed by atoms with Gasteiger partial charge in [-0.15, -0.1) is 0 Å². The highest BCUT2D eigenvalue weighted by Crippen LogP contribution is 2.27. The van der Waals surface area contributed by atoms with E-state index in [2.05, 4.69) is 5.32 Å². The van der Waals surface area contributed by atoms with E-state index in [1.54, 1.807) is 14.0 Å². The van der Waals surface area contributed by atoms with Crippen LogP contribution in [0.2, 0.25) is 0 Å². The number of rotatable bonds is 5. The van der Waals surface area contributed by atoms with Gasteiger partial charge in [0.1, 0.15) is 5.82 Å². The van der Waals surface area contributed by atoms with Crippen molar-refractivity contribution in [3.8, 4) is 5.75 Å². The van der Waals surface area contributed by atoms with E-state index in [4.69, 9.17) is 4.74 Å². The number of benzene rings is 1. The average Bonchev–Trinajstić information content (AvgIpc) is 2.23. The van der Waals surface area contributed by atoms with Gasteiger partial charge in [0, 0.05) is 31.3 Å². The Kier molecular flexibility index (Phi) is 4.64. The molecule has 1 rings (SSSR count). The second kappa shape index (κ2) is 5.77. The number of hydrogen-bond acceptors (Lipinski definition) is 3. The predicted molar refractivity (Wildman–Crippen MR) is 56.3 cm³/mol. The van der Waals surface area contributed by atoms with Crippen molar-refractivity contribution in [2.45, 2.75) is 13.0 Å². The van der Waals surface area contributed by atoms with Crippen molar-refractivity contribution in [1.29, 1.82) is 0 Å². The first-order valence-electron chi connectivity index (χ1n) is 4.96. The van der Waals surface area contributed by atoms with Crippen molar-refractivity contribution < 1.29 is 18.6 Å². The topological polar surface area (TPSA) is 41.5 Å². The minimum Gasteiger partial charge on any atom is -0.505 e. The summed E-state index contributed by atoms with van der Waals surface area (Å²) in [6.45, 7) is 2.74. The molecule has 0 aromatic heterocycles. The molecule has 0 aliphatic rings. The summed E-state index contributed by atoms with van der Waals surface area (Å²) in [7, 11) is 1.56. The Morgan fingerprint density at radius 3 is 2.75 bits per heavy atom. The summed E-state index contributed by atoms with van der Waals surface area (Å²) >= 11 is 0. The van der Waals surface area contributed by atoms with Gasteiger partial charge in [0.05, 0.1) is 6.61 Å². The second-order valence-electron chi connectivity index (χ2n) is 3.49. The molecule has 0 spiro atoms. The summed E-state index contributed by atoms with van der Waals surface area (Å²) in [5.41, 5.74) is 0.202. The smallest absolute Gasteiger partial charge is 0.168 e. The molecule has 0 aliphatic heterocycles. The van der Waals surface area contributed by atoms with Gasteiger partial charge in [-0.25, -0.2) is 8.78 Å². The molecule has 1 aromatic carbocycles. The Morgan fingerprint density at radius 1 is 1.44 bits per heavy atom. The summed E-state index contributed by atoms with van der Waals surface area (Å²) in [4.78, 5) is 0. The number of nitrogens with one attached hydrogen (secondary N) is 1. The van der Waals surface area contributed by atoms with E-state index in [9.17, 15) is 13.9 Å². The van der Waals surface area contributed by atoms with Gasteiger partial charge in [-0.2, -0.15) is 0 Å². The zero-order valence-electron chi connectivity index (χ0n) is 9.26. The third kappa shape index (κ3) is 3.15. The van der Waals surface area contributed by atoms with Crippen LogP contribution in [0.1, 0.15) is 18.5 Å². The van der Waals surface area contributed by atoms with Crippen molar-refractivity contribution in [2.24, 2.45) is 0 Å². The highest BCUT2D eigenvalue weighted by atomic mass is 19.1. The first-order chi connectivity index (χ1) is 7.56. The summed E-state index contributed by atoms with van der Waals surface area (Å²) < 4.78 is 30.8. The average molecular weight is 231 g/mol. The molecular formula is C11H15F2NO2. The van der Waals surface area contributed by atoms with Crippen LogP contribution in [0.5, 0.6) is 5.75 Å². The zero-order valence-corrected chi connectivity index (χ0v) is 9.26. The maximum atomic E-state index is 13.0. The molecule has 1 aromatic rings. The van der Waals surface area contributed by atoms with Crippen LogP contribution in [0.25, 0.3) is 0 Å². The van der Waals surface area contributed by atoms with Crippen LogP contribution < -0.4 is 5.32 Å². The molecular weight excluding hydrogens is 216 g/mol. The Bertz CT molecular complexity index is 358. The first kappa shape index (κ1) is 12.9. The third-order valence-corrected chi connectivity index (χ3v) is 2.28. The standard InChI is InChI=1S/C11H15F2NO2/c1-7(14-3-4-16-2)9-5-8(12)6-10(13)11(9)15/h5-7,14-15H,3-4H2,1-2H3. The Hall–Kier alpha value is -1.20. The molecule has 0 radical (unpaired) electrons. The van der Waals surface area contributed by atoms with E-state index < -0.39 is 17.4 Å². The van der Waals surface area contributed by atoms with Crippen LogP contribution in [0.15, 0.2) is 12.1 Å². The lowest BCUT2D eigenvalue weighted by molar-refractivity contribution is 0.196. The number of methoxy groups -OCH3 is 1. The summed E-state index contributed by atoms with van der Waals surface area (Å²) in [6, 6.07) is 1.42. The molecule has 0 heterocycles. The molecule has 3 nitrogen and oxygen atoms in total. The van der Waals surface area contributed by atoms with E-state index in [0.717, 1.165) is 6.07 Å². The summed E-state index contributed by atoms with van der Waals surface area (Å²) in [6.07, 6.45) is 0. The van der Waals surface area contributed by atoms with Gasteiger partial charge in [-0.3, -0.25) is 0 Å². The molecule has 0 amide bonds. The molecule has 90 valence electrons. The van der Waals surface area contributed by atoms with E-state index in [0.29, 0.717) is 19.2 Å². The Balaban J connectivity index is 2.78. The fourth-order valence-corrected chi connectivity index (χ4v) is 1.40. The number of ether oxygens (including phenoxy) is 1. The minimum absolute atomic E-state index is 0.202. The summed E-state index contributed by atoms with van der Waals surface area (Å²) in [5, 5.41) is 12.4. The van der Waals surface area contributed by atoms with Crippen molar-refractivity contribution >= 4 is 0 Å². The lowest BCUT2D eigenvalue weighted by Crippen LogP contribution is -2.23. The molecule has 0 fully saturated rings. The molecule has 5 heteroatoms. The monoisotopic (exact) mass is 231 g/mol. The fraction of sp³-hybridized carbons (Fsp3) is 0.455. The van der Waals surface area contributed by atoms with Gasteiger partial charge in [-0.1, -0.05) is 0 Å². The number of hydrogen-bond donors (Lipinski definition) is 2. The SMILES string of the molecule is COCCNC(C)c1cc(F)cc(F)c1O. The molecule has 0 saturated carbocycles. The molecule has 2 N–H and O–H groups in total. The minimum atomic E-state index is -0.949. The fourth-order valence-electron chi connectivity index (χ4n) is 1.40. The lowest BCUT2D eigenvalue weighted by atomic mass is 10.1. The highest BCUT2D eigenvalue weighted by Gasteiger charge is 2.15. The van der Waals surface area contributed by atoms with E-state index in [-0.39, 0.29) is 11.6 Å². The first-order valence-corrected chi connectivity index (χ1v) is 4.96. The van der Waals surface area contributed by atoms with Gasteiger partial charge in [-0.05, 0) is 13.0 Å².